The Labute approximate surface area is 145 Å². The fourth-order valence-corrected chi connectivity index (χ4v) is 2.76. The summed E-state index contributed by atoms with van der Waals surface area (Å²) in [6.45, 7) is 3.89. The van der Waals surface area contributed by atoms with Crippen molar-refractivity contribution in [3.05, 3.63) is 71.7 Å². The van der Waals surface area contributed by atoms with E-state index < -0.39 is 0 Å². The smallest absolute Gasteiger partial charge is 0.220 e. The lowest BCUT2D eigenvalue weighted by Gasteiger charge is -2.23. The van der Waals surface area contributed by atoms with Crippen molar-refractivity contribution in [2.24, 2.45) is 0 Å². The molecule has 2 N–H and O–H groups in total. The van der Waals surface area contributed by atoms with Crippen LogP contribution < -0.4 is 5.06 Å². The Morgan fingerprint density at radius 3 is 2.68 bits per heavy atom. The molecule has 0 radical (unpaired) electrons. The van der Waals surface area contributed by atoms with Crippen molar-refractivity contribution in [1.82, 2.24) is 0 Å². The number of carbonyl (C=O) groups excluding carboxylic acids is 1. The third-order valence-electron chi connectivity index (χ3n) is 4.07. The molecule has 0 saturated carbocycles. The zero-order valence-corrected chi connectivity index (χ0v) is 14.1. The van der Waals surface area contributed by atoms with E-state index in [-0.39, 0.29) is 17.3 Å². The van der Waals surface area contributed by atoms with Crippen molar-refractivity contribution < 1.29 is 19.8 Å². The van der Waals surface area contributed by atoms with Crippen LogP contribution in [0.5, 0.6) is 5.75 Å². The molecule has 0 aromatic heterocycles. The molecule has 0 fully saturated rings. The Bertz CT molecular complexity index is 924. The summed E-state index contributed by atoms with van der Waals surface area (Å²) in [4.78, 5) is 11.8. The van der Waals surface area contributed by atoms with Crippen molar-refractivity contribution in [2.45, 2.75) is 13.8 Å². The number of ether oxygens (including phenoxy) is 1. The summed E-state index contributed by atoms with van der Waals surface area (Å²) < 4.78 is 5.33. The highest BCUT2D eigenvalue weighted by Crippen LogP contribution is 2.37. The fourth-order valence-electron chi connectivity index (χ4n) is 2.76. The van der Waals surface area contributed by atoms with E-state index in [1.165, 1.54) is 6.08 Å². The number of anilines is 1. The minimum atomic E-state index is -0.212. The maximum atomic E-state index is 11.8. The van der Waals surface area contributed by atoms with Crippen LogP contribution in [0.4, 0.5) is 5.69 Å². The molecule has 25 heavy (non-hydrogen) atoms. The molecular weight excluding hydrogens is 318 g/mol. The van der Waals surface area contributed by atoms with E-state index in [4.69, 9.17) is 4.74 Å². The highest BCUT2D eigenvalue weighted by Gasteiger charge is 2.19. The number of fused-ring (bicyclic) bond motifs is 1. The van der Waals surface area contributed by atoms with E-state index in [1.807, 2.05) is 24.3 Å². The molecule has 0 bridgehead atoms. The number of benzene rings is 2. The molecule has 0 unspecified atom stereocenters. The lowest BCUT2D eigenvalue weighted by atomic mass is 10.0. The highest BCUT2D eigenvalue weighted by molar-refractivity contribution is 6.04. The van der Waals surface area contributed by atoms with Gasteiger partial charge >= 0.3 is 0 Å². The summed E-state index contributed by atoms with van der Waals surface area (Å²) in [5.74, 6) is -0.0168. The fraction of sp³-hybridized carbons (Fsp3) is 0.150. The number of ketones is 1. The number of hydrogen-bond acceptors (Lipinski definition) is 5. The molecule has 0 atom stereocenters. The number of phenols is 1. The van der Waals surface area contributed by atoms with Gasteiger partial charge in [-0.05, 0) is 43.5 Å². The van der Waals surface area contributed by atoms with Crippen molar-refractivity contribution in [2.75, 3.05) is 11.7 Å². The van der Waals surface area contributed by atoms with Gasteiger partial charge < -0.3 is 9.84 Å². The number of carbonyl (C=O) groups is 1. The van der Waals surface area contributed by atoms with Gasteiger partial charge in [-0.2, -0.15) is 0 Å². The second-order valence-corrected chi connectivity index (χ2v) is 5.65. The average molecular weight is 337 g/mol. The van der Waals surface area contributed by atoms with E-state index >= 15 is 0 Å². The van der Waals surface area contributed by atoms with Crippen LogP contribution in [-0.2, 0) is 9.53 Å². The minimum Gasteiger partial charge on any atom is -0.506 e. The molecule has 2 aromatic rings. The summed E-state index contributed by atoms with van der Waals surface area (Å²) in [6, 6.07) is 10.8. The first-order valence-corrected chi connectivity index (χ1v) is 8.00. The molecular formula is C20H19NO4. The predicted molar refractivity (Wildman–Crippen MR) is 96.4 cm³/mol. The quantitative estimate of drug-likeness (QED) is 0.823. The topological polar surface area (TPSA) is 70.0 Å². The van der Waals surface area contributed by atoms with Gasteiger partial charge in [0.1, 0.15) is 11.4 Å². The van der Waals surface area contributed by atoms with Crippen molar-refractivity contribution in [1.29, 1.82) is 0 Å². The molecule has 1 aliphatic rings. The lowest BCUT2D eigenvalue weighted by Crippen LogP contribution is -2.18. The van der Waals surface area contributed by atoms with Gasteiger partial charge in [-0.3, -0.25) is 10.0 Å². The van der Waals surface area contributed by atoms with E-state index in [1.54, 1.807) is 38.1 Å². The molecule has 0 amide bonds. The highest BCUT2D eigenvalue weighted by atomic mass is 16.5. The molecule has 0 aliphatic heterocycles. The molecule has 5 nitrogen and oxygen atoms in total. The first-order chi connectivity index (χ1) is 12.0. The third kappa shape index (κ3) is 3.14. The first-order valence-electron chi connectivity index (χ1n) is 8.00. The standard InChI is InChI=1S/C20H19NO4/c1-3-25-19-12-15(9-10-17(19)22)13(2)21(24)20-16-7-5-4-6-14(16)8-11-18(20)23/h4-12,23-24H,3H2,1-2H3. The van der Waals surface area contributed by atoms with Gasteiger partial charge in [0.15, 0.2) is 5.76 Å². The minimum absolute atomic E-state index is 0.0361. The molecule has 3 rings (SSSR count). The maximum Gasteiger partial charge on any atom is 0.220 e. The summed E-state index contributed by atoms with van der Waals surface area (Å²) >= 11 is 0. The van der Waals surface area contributed by atoms with Gasteiger partial charge in [0, 0.05) is 11.0 Å². The Hall–Kier alpha value is -3.05. The molecule has 5 heteroatoms. The van der Waals surface area contributed by atoms with Crippen LogP contribution in [0.1, 0.15) is 13.8 Å². The summed E-state index contributed by atoms with van der Waals surface area (Å²) in [5.41, 5.74) is 1.38. The normalized spacial score (nSPS) is 16.0. The zero-order valence-electron chi connectivity index (χ0n) is 14.1. The number of aromatic hydroxyl groups is 1. The summed E-state index contributed by atoms with van der Waals surface area (Å²) in [6.07, 6.45) is 4.61. The van der Waals surface area contributed by atoms with E-state index in [9.17, 15) is 15.1 Å². The van der Waals surface area contributed by atoms with Gasteiger partial charge in [0.05, 0.1) is 12.3 Å². The number of allylic oxidation sites excluding steroid dienone is 5. The van der Waals surface area contributed by atoms with Crippen molar-refractivity contribution in [3.63, 3.8) is 0 Å². The van der Waals surface area contributed by atoms with Crippen LogP contribution in [0.3, 0.4) is 0 Å². The molecule has 128 valence electrons. The first kappa shape index (κ1) is 16.8. The number of hydrogen-bond donors (Lipinski definition) is 2. The molecule has 0 saturated heterocycles. The number of nitrogens with zero attached hydrogens (tertiary/aromatic N) is 1. The number of rotatable bonds is 4. The molecule has 0 spiro atoms. The zero-order chi connectivity index (χ0) is 18.0. The predicted octanol–water partition coefficient (Wildman–Crippen LogP) is 4.07. The van der Waals surface area contributed by atoms with Gasteiger partial charge in [0.25, 0.3) is 0 Å². The van der Waals surface area contributed by atoms with Crippen LogP contribution in [0, 0.1) is 0 Å². The second kappa shape index (κ2) is 6.83. The van der Waals surface area contributed by atoms with Gasteiger partial charge in [-0.1, -0.05) is 30.3 Å². The Kier molecular flexibility index (Phi) is 4.59. The van der Waals surface area contributed by atoms with Crippen molar-refractivity contribution in [3.8, 4) is 5.75 Å². The van der Waals surface area contributed by atoms with Gasteiger partial charge in [0.2, 0.25) is 5.78 Å². The van der Waals surface area contributed by atoms with Gasteiger partial charge in [-0.15, -0.1) is 0 Å². The Morgan fingerprint density at radius 1 is 1.16 bits per heavy atom. The van der Waals surface area contributed by atoms with Crippen LogP contribution >= 0.6 is 0 Å². The Balaban J connectivity index is 2.09. The van der Waals surface area contributed by atoms with Gasteiger partial charge in [-0.25, -0.2) is 5.06 Å². The summed E-state index contributed by atoms with van der Waals surface area (Å²) in [5, 5.41) is 23.5. The van der Waals surface area contributed by atoms with Crippen molar-refractivity contribution >= 4 is 22.2 Å². The largest absolute Gasteiger partial charge is 0.506 e. The second-order valence-electron chi connectivity index (χ2n) is 5.65. The summed E-state index contributed by atoms with van der Waals surface area (Å²) in [7, 11) is 0. The number of hydroxylamine groups is 1. The maximum absolute atomic E-state index is 11.8. The van der Waals surface area contributed by atoms with E-state index in [2.05, 4.69) is 0 Å². The van der Waals surface area contributed by atoms with E-state index in [0.717, 1.165) is 15.8 Å². The van der Waals surface area contributed by atoms with E-state index in [0.29, 0.717) is 23.6 Å². The lowest BCUT2D eigenvalue weighted by molar-refractivity contribution is -0.114. The van der Waals surface area contributed by atoms with Crippen LogP contribution in [-0.4, -0.2) is 22.7 Å². The van der Waals surface area contributed by atoms with Crippen LogP contribution in [0.25, 0.3) is 10.8 Å². The Morgan fingerprint density at radius 2 is 1.92 bits per heavy atom. The third-order valence-corrected chi connectivity index (χ3v) is 4.07. The monoisotopic (exact) mass is 337 g/mol. The SMILES string of the molecule is CCOC1=CC(=C(C)N(O)c2c(O)ccc3ccccc23)C=CC1=O. The van der Waals surface area contributed by atoms with Crippen LogP contribution in [0.15, 0.2) is 71.7 Å². The molecule has 0 heterocycles. The average Bonchev–Trinajstić information content (AvgIpc) is 2.62. The molecule has 2 aromatic carbocycles. The molecule has 1 aliphatic carbocycles. The number of phenolic OH excluding ortho intramolecular Hbond substituents is 1. The van der Waals surface area contributed by atoms with Crippen LogP contribution in [0.2, 0.25) is 0 Å².